The normalized spacial score (nSPS) is 18.1. The van der Waals surface area contributed by atoms with Gasteiger partial charge in [-0.1, -0.05) is 36.4 Å². The van der Waals surface area contributed by atoms with Gasteiger partial charge in [-0.25, -0.2) is 0 Å². The molecule has 0 saturated carbocycles. The van der Waals surface area contributed by atoms with E-state index in [-0.39, 0.29) is 18.1 Å². The molecule has 1 aliphatic heterocycles. The predicted octanol–water partition coefficient (Wildman–Crippen LogP) is 3.55. The third kappa shape index (κ3) is 5.01. The van der Waals surface area contributed by atoms with E-state index in [0.29, 0.717) is 19.5 Å². The van der Waals surface area contributed by atoms with Crippen LogP contribution in [-0.4, -0.2) is 37.1 Å². The molecule has 2 aromatic rings. The lowest BCUT2D eigenvalue weighted by Gasteiger charge is -2.30. The van der Waals surface area contributed by atoms with Gasteiger partial charge in [0.05, 0.1) is 13.2 Å². The minimum absolute atomic E-state index is 0.0442. The van der Waals surface area contributed by atoms with Crippen molar-refractivity contribution in [2.75, 3.05) is 20.2 Å². The van der Waals surface area contributed by atoms with Gasteiger partial charge in [-0.05, 0) is 25.5 Å². The van der Waals surface area contributed by atoms with Gasteiger partial charge >= 0.3 is 0 Å². The van der Waals surface area contributed by atoms with Crippen molar-refractivity contribution in [1.29, 1.82) is 0 Å². The summed E-state index contributed by atoms with van der Waals surface area (Å²) in [6.45, 7) is 6.19. The lowest BCUT2D eigenvalue weighted by Crippen LogP contribution is -2.30. The zero-order valence-corrected chi connectivity index (χ0v) is 16.3. The van der Waals surface area contributed by atoms with E-state index in [1.54, 1.807) is 7.11 Å². The number of carbonyl (C=O) groups excluding carboxylic acids is 1. The molecule has 5 heteroatoms. The first-order valence-electron chi connectivity index (χ1n) is 9.46. The van der Waals surface area contributed by atoms with Gasteiger partial charge < -0.3 is 14.8 Å². The van der Waals surface area contributed by atoms with Gasteiger partial charge in [0, 0.05) is 43.7 Å². The Balaban J connectivity index is 1.90. The summed E-state index contributed by atoms with van der Waals surface area (Å²) >= 11 is 0. The van der Waals surface area contributed by atoms with E-state index in [0.717, 1.165) is 29.2 Å². The molecule has 5 nitrogen and oxygen atoms in total. The van der Waals surface area contributed by atoms with Crippen molar-refractivity contribution in [1.82, 2.24) is 10.2 Å². The molecular formula is C22H28N2O3. The maximum atomic E-state index is 12.2. The van der Waals surface area contributed by atoms with Crippen molar-refractivity contribution in [3.63, 3.8) is 0 Å². The molecule has 1 saturated heterocycles. The van der Waals surface area contributed by atoms with Crippen LogP contribution in [0.5, 0.6) is 11.5 Å². The van der Waals surface area contributed by atoms with E-state index in [1.807, 2.05) is 44.2 Å². The van der Waals surface area contributed by atoms with Gasteiger partial charge in [0.2, 0.25) is 5.91 Å². The van der Waals surface area contributed by atoms with Crippen LogP contribution in [0, 0.1) is 0 Å². The lowest BCUT2D eigenvalue weighted by molar-refractivity contribution is -0.121. The molecule has 1 heterocycles. The molecule has 27 heavy (non-hydrogen) atoms. The number of nitrogens with zero attached hydrogens (tertiary/aromatic N) is 1. The molecule has 1 aliphatic rings. The highest BCUT2D eigenvalue weighted by Crippen LogP contribution is 2.32. The highest BCUT2D eigenvalue weighted by molar-refractivity contribution is 5.77. The van der Waals surface area contributed by atoms with E-state index in [4.69, 9.17) is 9.47 Å². The summed E-state index contributed by atoms with van der Waals surface area (Å²) < 4.78 is 11.4. The zero-order valence-electron chi connectivity index (χ0n) is 16.3. The third-order valence-corrected chi connectivity index (χ3v) is 4.74. The van der Waals surface area contributed by atoms with Gasteiger partial charge in [-0.15, -0.1) is 0 Å². The Morgan fingerprint density at radius 3 is 2.67 bits per heavy atom. The first kappa shape index (κ1) is 19.2. The van der Waals surface area contributed by atoms with Crippen LogP contribution in [-0.2, 0) is 11.3 Å². The highest BCUT2D eigenvalue weighted by atomic mass is 16.5. The van der Waals surface area contributed by atoms with E-state index in [1.165, 1.54) is 0 Å². The molecule has 0 bridgehead atoms. The molecule has 3 rings (SSSR count). The second-order valence-electron chi connectivity index (χ2n) is 7.09. The molecule has 1 amide bonds. The van der Waals surface area contributed by atoms with E-state index < -0.39 is 0 Å². The standard InChI is InChI=1S/C22H28N2O3/c1-16(2)27-21-13-19(26-3)10-9-18(21)15-24-12-11-23-22(25)14-20(24)17-7-5-4-6-8-17/h4-10,13,16,20H,11-12,14-15H2,1-3H3,(H,23,25). The monoisotopic (exact) mass is 368 g/mol. The molecule has 1 fully saturated rings. The summed E-state index contributed by atoms with van der Waals surface area (Å²) in [4.78, 5) is 14.5. The van der Waals surface area contributed by atoms with Gasteiger partial charge in [-0.2, -0.15) is 0 Å². The van der Waals surface area contributed by atoms with Gasteiger partial charge in [0.25, 0.3) is 0 Å². The molecule has 1 N–H and O–H groups in total. The van der Waals surface area contributed by atoms with Crippen molar-refractivity contribution in [3.8, 4) is 11.5 Å². The maximum absolute atomic E-state index is 12.2. The number of hydrogen-bond acceptors (Lipinski definition) is 4. The molecule has 1 atom stereocenters. The first-order chi connectivity index (χ1) is 13.1. The fourth-order valence-corrected chi connectivity index (χ4v) is 3.44. The van der Waals surface area contributed by atoms with Crippen LogP contribution in [0.3, 0.4) is 0 Å². The molecule has 2 aromatic carbocycles. The van der Waals surface area contributed by atoms with Crippen LogP contribution in [0.15, 0.2) is 48.5 Å². The van der Waals surface area contributed by atoms with Crippen molar-refractivity contribution >= 4 is 5.91 Å². The Labute approximate surface area is 161 Å². The van der Waals surface area contributed by atoms with Crippen LogP contribution < -0.4 is 14.8 Å². The molecule has 0 aliphatic carbocycles. The molecule has 0 radical (unpaired) electrons. The molecule has 144 valence electrons. The van der Waals surface area contributed by atoms with Crippen molar-refractivity contribution in [2.45, 2.75) is 39.0 Å². The van der Waals surface area contributed by atoms with Crippen LogP contribution in [0.1, 0.15) is 37.4 Å². The lowest BCUT2D eigenvalue weighted by atomic mass is 10.0. The second-order valence-corrected chi connectivity index (χ2v) is 7.09. The topological polar surface area (TPSA) is 50.8 Å². The number of nitrogens with one attached hydrogen (secondary N) is 1. The first-order valence-corrected chi connectivity index (χ1v) is 9.46. The Kier molecular flexibility index (Phi) is 6.35. The number of benzene rings is 2. The Bertz CT molecular complexity index is 761. The fourth-order valence-electron chi connectivity index (χ4n) is 3.44. The summed E-state index contributed by atoms with van der Waals surface area (Å²) in [5.41, 5.74) is 2.26. The number of hydrogen-bond donors (Lipinski definition) is 1. The van der Waals surface area contributed by atoms with Gasteiger partial charge in [0.15, 0.2) is 0 Å². The summed E-state index contributed by atoms with van der Waals surface area (Å²) in [7, 11) is 1.66. The molecule has 1 unspecified atom stereocenters. The Morgan fingerprint density at radius 1 is 1.19 bits per heavy atom. The quantitative estimate of drug-likeness (QED) is 0.847. The van der Waals surface area contributed by atoms with Crippen molar-refractivity contribution < 1.29 is 14.3 Å². The summed E-state index contributed by atoms with van der Waals surface area (Å²) in [6.07, 6.45) is 0.536. The van der Waals surface area contributed by atoms with E-state index >= 15 is 0 Å². The minimum Gasteiger partial charge on any atom is -0.497 e. The van der Waals surface area contributed by atoms with Crippen LogP contribution in [0.2, 0.25) is 0 Å². The maximum Gasteiger partial charge on any atom is 0.221 e. The zero-order chi connectivity index (χ0) is 19.2. The van der Waals surface area contributed by atoms with Crippen LogP contribution in [0.4, 0.5) is 0 Å². The summed E-state index contributed by atoms with van der Waals surface area (Å²) in [6, 6.07) is 16.2. The van der Waals surface area contributed by atoms with Crippen LogP contribution in [0.25, 0.3) is 0 Å². The largest absolute Gasteiger partial charge is 0.497 e. The Morgan fingerprint density at radius 2 is 1.96 bits per heavy atom. The Hall–Kier alpha value is -2.53. The number of ether oxygens (including phenoxy) is 2. The number of methoxy groups -OCH3 is 1. The van der Waals surface area contributed by atoms with Gasteiger partial charge in [-0.3, -0.25) is 9.69 Å². The minimum atomic E-state index is 0.0442. The average molecular weight is 368 g/mol. The number of rotatable bonds is 6. The average Bonchev–Trinajstić information content (AvgIpc) is 2.85. The van der Waals surface area contributed by atoms with Gasteiger partial charge in [0.1, 0.15) is 11.5 Å². The van der Waals surface area contributed by atoms with E-state index in [9.17, 15) is 4.79 Å². The molecular weight excluding hydrogens is 340 g/mol. The van der Waals surface area contributed by atoms with Crippen LogP contribution >= 0.6 is 0 Å². The second kappa shape index (κ2) is 8.91. The molecule has 0 aromatic heterocycles. The third-order valence-electron chi connectivity index (χ3n) is 4.74. The number of amides is 1. The molecule has 0 spiro atoms. The van der Waals surface area contributed by atoms with Crippen molar-refractivity contribution in [3.05, 3.63) is 59.7 Å². The smallest absolute Gasteiger partial charge is 0.221 e. The SMILES string of the molecule is COc1ccc(CN2CCNC(=O)CC2c2ccccc2)c(OC(C)C)c1. The van der Waals surface area contributed by atoms with Crippen molar-refractivity contribution in [2.24, 2.45) is 0 Å². The predicted molar refractivity (Wildman–Crippen MR) is 106 cm³/mol. The number of carbonyl (C=O) groups is 1. The summed E-state index contributed by atoms with van der Waals surface area (Å²) in [5.74, 6) is 1.71. The fraction of sp³-hybridized carbons (Fsp3) is 0.409. The van der Waals surface area contributed by atoms with E-state index in [2.05, 4.69) is 28.4 Å². The summed E-state index contributed by atoms with van der Waals surface area (Å²) in [5, 5.41) is 2.99. The highest BCUT2D eigenvalue weighted by Gasteiger charge is 2.27.